The van der Waals surface area contributed by atoms with Gasteiger partial charge in [-0.15, -0.1) is 5.10 Å². The van der Waals surface area contributed by atoms with E-state index in [1.54, 1.807) is 0 Å². The van der Waals surface area contributed by atoms with Gasteiger partial charge in [-0.05, 0) is 39.6 Å². The lowest BCUT2D eigenvalue weighted by molar-refractivity contribution is 0.894. The molecule has 1 heterocycles. The van der Waals surface area contributed by atoms with E-state index in [1.165, 1.54) is 21.9 Å². The number of nitrogens with zero attached hydrogens (tertiary/aromatic N) is 3. The van der Waals surface area contributed by atoms with Crippen LogP contribution in [0.25, 0.3) is 10.8 Å². The summed E-state index contributed by atoms with van der Waals surface area (Å²) in [6.07, 6.45) is 7.04. The van der Waals surface area contributed by atoms with Gasteiger partial charge in [0.15, 0.2) is 0 Å². The molecule has 2 aromatic carbocycles. The Morgan fingerprint density at radius 1 is 1.00 bits per heavy atom. The van der Waals surface area contributed by atoms with Crippen molar-refractivity contribution >= 4 is 16.5 Å². The van der Waals surface area contributed by atoms with Crippen molar-refractivity contribution in [1.82, 2.24) is 0 Å². The molecule has 3 nitrogen and oxygen atoms in total. The predicted octanol–water partition coefficient (Wildman–Crippen LogP) is 4.07. The van der Waals surface area contributed by atoms with Crippen molar-refractivity contribution in [3.63, 3.8) is 0 Å². The average Bonchev–Trinajstić information content (AvgIpc) is 2.97. The zero-order valence-corrected chi connectivity index (χ0v) is 10.9. The number of rotatable bonds is 2. The minimum absolute atomic E-state index is 0.0129. The van der Waals surface area contributed by atoms with Gasteiger partial charge in [0.05, 0.1) is 5.71 Å². The van der Waals surface area contributed by atoms with Crippen LogP contribution in [0.1, 0.15) is 5.56 Å². The van der Waals surface area contributed by atoms with Crippen molar-refractivity contribution in [1.29, 1.82) is 0 Å². The molecule has 96 valence electrons. The van der Waals surface area contributed by atoms with Crippen molar-refractivity contribution in [3.05, 3.63) is 71.8 Å². The Bertz CT molecular complexity index is 791. The van der Waals surface area contributed by atoms with Crippen LogP contribution >= 0.6 is 0 Å². The summed E-state index contributed by atoms with van der Waals surface area (Å²) in [6, 6.07) is 14.9. The molecule has 0 N–H and O–H groups in total. The summed E-state index contributed by atoms with van der Waals surface area (Å²) in [5, 5.41) is 14.7. The van der Waals surface area contributed by atoms with Crippen LogP contribution in [-0.4, -0.2) is 11.8 Å². The van der Waals surface area contributed by atoms with Gasteiger partial charge >= 0.3 is 0 Å². The normalized spacial score (nSPS) is 19.9. The summed E-state index contributed by atoms with van der Waals surface area (Å²) in [5.41, 5.74) is 3.53. The molecule has 0 spiro atoms. The summed E-state index contributed by atoms with van der Waals surface area (Å²) in [6.45, 7) is 0. The Kier molecular flexibility index (Phi) is 2.56. The molecule has 1 aliphatic heterocycles. The first kappa shape index (κ1) is 11.3. The molecule has 0 saturated heterocycles. The second kappa shape index (κ2) is 4.53. The van der Waals surface area contributed by atoms with Crippen LogP contribution in [0.5, 0.6) is 0 Å². The fourth-order valence-corrected chi connectivity index (χ4v) is 2.82. The molecule has 3 heteroatoms. The summed E-state index contributed by atoms with van der Waals surface area (Å²) in [7, 11) is 0. The summed E-state index contributed by atoms with van der Waals surface area (Å²) in [5.74, 6) is 0. The van der Waals surface area contributed by atoms with E-state index in [4.69, 9.17) is 0 Å². The minimum atomic E-state index is 0.0129. The third-order valence-corrected chi connectivity index (χ3v) is 3.81. The Balaban J connectivity index is 1.75. The maximum atomic E-state index is 4.22. The third kappa shape index (κ3) is 1.79. The SMILES string of the molecule is C1=CC2=NN=NC2C(Cc2cccc3ccccc23)=C1. The molecule has 2 aliphatic rings. The molecule has 1 aliphatic carbocycles. The Labute approximate surface area is 117 Å². The van der Waals surface area contributed by atoms with E-state index in [9.17, 15) is 0 Å². The number of hydrogen-bond donors (Lipinski definition) is 0. The van der Waals surface area contributed by atoms with Crippen LogP contribution in [-0.2, 0) is 6.42 Å². The summed E-state index contributed by atoms with van der Waals surface area (Å²) < 4.78 is 0. The molecular formula is C17H13N3. The van der Waals surface area contributed by atoms with Crippen LogP contribution in [0.4, 0.5) is 0 Å². The number of benzene rings is 2. The second-order valence-corrected chi connectivity index (χ2v) is 5.05. The van der Waals surface area contributed by atoms with Crippen molar-refractivity contribution in [2.45, 2.75) is 12.5 Å². The van der Waals surface area contributed by atoms with Gasteiger partial charge in [-0.2, -0.15) is 5.11 Å². The highest BCUT2D eigenvalue weighted by Gasteiger charge is 2.24. The van der Waals surface area contributed by atoms with Crippen LogP contribution < -0.4 is 0 Å². The summed E-state index contributed by atoms with van der Waals surface area (Å²) >= 11 is 0. The van der Waals surface area contributed by atoms with Gasteiger partial charge in [0.1, 0.15) is 6.04 Å². The van der Waals surface area contributed by atoms with Crippen LogP contribution in [0.15, 0.2) is 81.7 Å². The Morgan fingerprint density at radius 3 is 2.90 bits per heavy atom. The highest BCUT2D eigenvalue weighted by atomic mass is 15.4. The van der Waals surface area contributed by atoms with Gasteiger partial charge < -0.3 is 0 Å². The number of allylic oxidation sites excluding steroid dienone is 2. The lowest BCUT2D eigenvalue weighted by atomic mass is 9.90. The van der Waals surface area contributed by atoms with Crippen molar-refractivity contribution in [2.24, 2.45) is 15.4 Å². The molecule has 4 rings (SSSR count). The standard InChI is InChI=1S/C17H13N3/c1-2-9-15-12(5-1)6-3-7-13(15)11-14-8-4-10-16-17(14)19-20-18-16/h1-10,17H,11H2. The smallest absolute Gasteiger partial charge is 0.138 e. The fraction of sp³-hybridized carbons (Fsp3) is 0.118. The molecule has 0 bridgehead atoms. The minimum Gasteiger partial charge on any atom is -0.154 e. The molecule has 0 amide bonds. The zero-order chi connectivity index (χ0) is 13.4. The number of fused-ring (bicyclic) bond motifs is 2. The number of hydrogen-bond acceptors (Lipinski definition) is 3. The highest BCUT2D eigenvalue weighted by molar-refractivity contribution is 6.03. The average molecular weight is 259 g/mol. The molecule has 0 fully saturated rings. The predicted molar refractivity (Wildman–Crippen MR) is 81.0 cm³/mol. The molecule has 0 saturated carbocycles. The molecular weight excluding hydrogens is 246 g/mol. The van der Waals surface area contributed by atoms with E-state index in [1.807, 2.05) is 12.2 Å². The Hall–Kier alpha value is -2.55. The van der Waals surface area contributed by atoms with Gasteiger partial charge in [0.2, 0.25) is 0 Å². The van der Waals surface area contributed by atoms with Gasteiger partial charge in [-0.25, -0.2) is 0 Å². The molecule has 2 aromatic rings. The van der Waals surface area contributed by atoms with E-state index < -0.39 is 0 Å². The van der Waals surface area contributed by atoms with Crippen molar-refractivity contribution < 1.29 is 0 Å². The van der Waals surface area contributed by atoms with Gasteiger partial charge in [0, 0.05) is 0 Å². The van der Waals surface area contributed by atoms with E-state index in [0.717, 1.165) is 12.1 Å². The zero-order valence-electron chi connectivity index (χ0n) is 10.9. The van der Waals surface area contributed by atoms with Crippen LogP contribution in [0, 0.1) is 0 Å². The van der Waals surface area contributed by atoms with E-state index in [0.29, 0.717) is 0 Å². The lowest BCUT2D eigenvalue weighted by Gasteiger charge is -2.16. The van der Waals surface area contributed by atoms with Crippen LogP contribution in [0.2, 0.25) is 0 Å². The van der Waals surface area contributed by atoms with Gasteiger partial charge in [-0.1, -0.05) is 54.6 Å². The van der Waals surface area contributed by atoms with Gasteiger partial charge in [-0.3, -0.25) is 0 Å². The fourth-order valence-electron chi connectivity index (χ4n) is 2.82. The first-order chi connectivity index (χ1) is 9.92. The lowest BCUT2D eigenvalue weighted by Crippen LogP contribution is -2.20. The first-order valence-electron chi connectivity index (χ1n) is 6.73. The van der Waals surface area contributed by atoms with Gasteiger partial charge in [0.25, 0.3) is 0 Å². The Morgan fingerprint density at radius 2 is 1.90 bits per heavy atom. The van der Waals surface area contributed by atoms with Crippen molar-refractivity contribution in [2.75, 3.05) is 0 Å². The first-order valence-corrected chi connectivity index (χ1v) is 6.73. The largest absolute Gasteiger partial charge is 0.154 e. The molecule has 1 unspecified atom stereocenters. The maximum Gasteiger partial charge on any atom is 0.138 e. The molecule has 20 heavy (non-hydrogen) atoms. The molecule has 0 aromatic heterocycles. The summed E-state index contributed by atoms with van der Waals surface area (Å²) in [4.78, 5) is 0. The molecule has 1 atom stereocenters. The van der Waals surface area contributed by atoms with Crippen molar-refractivity contribution in [3.8, 4) is 0 Å². The maximum absolute atomic E-state index is 4.22. The van der Waals surface area contributed by atoms with E-state index in [2.05, 4.69) is 64.0 Å². The topological polar surface area (TPSA) is 37.1 Å². The third-order valence-electron chi connectivity index (χ3n) is 3.81. The van der Waals surface area contributed by atoms with E-state index >= 15 is 0 Å². The molecule has 0 radical (unpaired) electrons. The monoisotopic (exact) mass is 259 g/mol. The highest BCUT2D eigenvalue weighted by Crippen LogP contribution is 2.26. The quantitative estimate of drug-likeness (QED) is 0.779. The second-order valence-electron chi connectivity index (χ2n) is 5.05. The van der Waals surface area contributed by atoms with Crippen LogP contribution in [0.3, 0.4) is 0 Å². The van der Waals surface area contributed by atoms with E-state index in [-0.39, 0.29) is 6.04 Å².